The van der Waals surface area contributed by atoms with Gasteiger partial charge >= 0.3 is 26.0 Å². The fraction of sp³-hybridized carbons (Fsp3) is 0.222. The van der Waals surface area contributed by atoms with Crippen molar-refractivity contribution in [3.8, 4) is 0 Å². The molecule has 0 bridgehead atoms. The molecule has 0 aliphatic rings. The molecule has 0 radical (unpaired) electrons. The number of aliphatic carboxylic acids is 1. The average molecular weight is 209 g/mol. The molecule has 0 aliphatic carbocycles. The minimum absolute atomic E-state index is 0.385. The van der Waals surface area contributed by atoms with Crippen molar-refractivity contribution >= 4 is 22.2 Å². The van der Waals surface area contributed by atoms with Crippen molar-refractivity contribution in [3.63, 3.8) is 0 Å². The first-order valence-corrected chi connectivity index (χ1v) is 4.59. The Balaban J connectivity index is 0.000000791. The summed E-state index contributed by atoms with van der Waals surface area (Å²) in [5.41, 5.74) is 6.30. The molecule has 14 heavy (non-hydrogen) atoms. The van der Waals surface area contributed by atoms with E-state index in [-0.39, 0.29) is 0 Å². The molecule has 0 saturated heterocycles. The minimum atomic E-state index is -0.959. The van der Waals surface area contributed by atoms with E-state index in [1.165, 1.54) is 0 Å². The third-order valence-electron chi connectivity index (χ3n) is 1.62. The van der Waals surface area contributed by atoms with Crippen molar-refractivity contribution in [1.82, 2.24) is 0 Å². The molecule has 0 spiro atoms. The Labute approximate surface area is 90.4 Å². The Morgan fingerprint density at radius 3 is 2.29 bits per heavy atom. The molecule has 3 N–H and O–H groups in total. The van der Waals surface area contributed by atoms with Crippen molar-refractivity contribution in [1.29, 1.82) is 0 Å². The quantitative estimate of drug-likeness (QED) is 0.680. The summed E-state index contributed by atoms with van der Waals surface area (Å²) in [7, 11) is 0. The first-order chi connectivity index (χ1) is 6.70. The van der Waals surface area contributed by atoms with Crippen LogP contribution < -0.4 is 5.73 Å². The molecular formula is C9H12AlNO3. The van der Waals surface area contributed by atoms with Gasteiger partial charge in [-0.1, -0.05) is 30.3 Å². The molecular weight excluding hydrogens is 197 g/mol. The van der Waals surface area contributed by atoms with Gasteiger partial charge in [0.05, 0.1) is 0 Å². The predicted octanol–water partition coefficient (Wildman–Crippen LogP) is -0.126. The van der Waals surface area contributed by atoms with Crippen LogP contribution in [-0.2, 0) is 15.0 Å². The van der Waals surface area contributed by atoms with E-state index < -0.39 is 12.0 Å². The summed E-state index contributed by atoms with van der Waals surface area (Å²) >= 11 is 0.611. The summed E-state index contributed by atoms with van der Waals surface area (Å²) in [6.07, 6.45) is 0.385. The van der Waals surface area contributed by atoms with Crippen LogP contribution in [0.2, 0.25) is 0 Å². The molecule has 1 aromatic carbocycles. The Morgan fingerprint density at radius 2 is 1.86 bits per heavy atom. The predicted molar refractivity (Wildman–Crippen MR) is 53.6 cm³/mol. The number of hydrogen-bond acceptors (Lipinski definition) is 3. The standard InChI is InChI=1S/C9H11NO2.Al.O.H/c10-8(9(11)12)6-7-4-2-1-3-5-7;;;/h1-5,8H,6,10H2,(H,11,12);;;/t8-;;;/m0.../s1. The van der Waals surface area contributed by atoms with Crippen LogP contribution in [0.3, 0.4) is 0 Å². The van der Waals surface area contributed by atoms with Crippen LogP contribution in [0.25, 0.3) is 0 Å². The number of hydrogen-bond donors (Lipinski definition) is 2. The van der Waals surface area contributed by atoms with Crippen molar-refractivity contribution < 1.29 is 13.7 Å². The van der Waals surface area contributed by atoms with Gasteiger partial charge in [0.2, 0.25) is 0 Å². The summed E-state index contributed by atoms with van der Waals surface area (Å²) < 4.78 is 8.28. The van der Waals surface area contributed by atoms with E-state index in [0.717, 1.165) is 5.56 Å². The third-order valence-corrected chi connectivity index (χ3v) is 1.62. The van der Waals surface area contributed by atoms with Gasteiger partial charge in [-0.15, -0.1) is 0 Å². The second kappa shape index (κ2) is 7.39. The Kier molecular flexibility index (Phi) is 6.86. The van der Waals surface area contributed by atoms with Crippen molar-refractivity contribution in [3.05, 3.63) is 35.9 Å². The molecule has 1 atom stereocenters. The number of rotatable bonds is 3. The Hall–Kier alpha value is -1.02. The number of carboxylic acid groups (broad SMARTS) is 1. The van der Waals surface area contributed by atoms with Crippen molar-refractivity contribution in [2.24, 2.45) is 5.73 Å². The molecule has 74 valence electrons. The summed E-state index contributed by atoms with van der Waals surface area (Å²) in [4.78, 5) is 10.4. The SMILES string of the molecule is N[C@@H](Cc1ccccc1)C(=O)O.[O]=[AlH]. The number of benzene rings is 1. The van der Waals surface area contributed by atoms with Crippen molar-refractivity contribution in [2.75, 3.05) is 0 Å². The summed E-state index contributed by atoms with van der Waals surface area (Å²) in [6.45, 7) is 0. The third kappa shape index (κ3) is 4.88. The van der Waals surface area contributed by atoms with E-state index in [2.05, 4.69) is 0 Å². The van der Waals surface area contributed by atoms with E-state index in [1.807, 2.05) is 30.3 Å². The fourth-order valence-electron chi connectivity index (χ4n) is 0.955. The fourth-order valence-corrected chi connectivity index (χ4v) is 0.955. The van der Waals surface area contributed by atoms with Crippen LogP contribution in [0, 0.1) is 0 Å². The zero-order valence-electron chi connectivity index (χ0n) is 7.72. The van der Waals surface area contributed by atoms with E-state index >= 15 is 0 Å². The molecule has 4 nitrogen and oxygen atoms in total. The van der Waals surface area contributed by atoms with Gasteiger partial charge in [-0.25, -0.2) is 0 Å². The summed E-state index contributed by atoms with van der Waals surface area (Å²) in [5.74, 6) is -0.959. The molecule has 0 saturated carbocycles. The van der Waals surface area contributed by atoms with E-state index in [9.17, 15) is 4.79 Å². The Bertz CT molecular complexity index is 279. The van der Waals surface area contributed by atoms with Crippen LogP contribution in [0.5, 0.6) is 0 Å². The maximum atomic E-state index is 10.4. The van der Waals surface area contributed by atoms with Gasteiger partial charge in [0.25, 0.3) is 0 Å². The molecule has 0 aliphatic heterocycles. The van der Waals surface area contributed by atoms with Crippen LogP contribution in [0.15, 0.2) is 30.3 Å². The van der Waals surface area contributed by atoms with Gasteiger partial charge in [0.15, 0.2) is 0 Å². The molecule has 0 fully saturated rings. The second-order valence-electron chi connectivity index (χ2n) is 2.63. The molecule has 5 heteroatoms. The van der Waals surface area contributed by atoms with Crippen molar-refractivity contribution in [2.45, 2.75) is 12.5 Å². The number of carboxylic acids is 1. The van der Waals surface area contributed by atoms with Crippen LogP contribution in [-0.4, -0.2) is 33.3 Å². The monoisotopic (exact) mass is 209 g/mol. The molecule has 1 aromatic rings. The molecule has 1 rings (SSSR count). The maximum absolute atomic E-state index is 10.4. The van der Waals surface area contributed by atoms with Crippen LogP contribution in [0.1, 0.15) is 5.56 Å². The summed E-state index contributed by atoms with van der Waals surface area (Å²) in [6, 6.07) is 8.54. The zero-order chi connectivity index (χ0) is 11.0. The molecule has 0 aromatic heterocycles. The van der Waals surface area contributed by atoms with E-state index in [4.69, 9.17) is 14.6 Å². The van der Waals surface area contributed by atoms with Gasteiger partial charge in [-0.3, -0.25) is 4.79 Å². The topological polar surface area (TPSA) is 80.4 Å². The number of nitrogens with two attached hydrogens (primary N) is 1. The van der Waals surface area contributed by atoms with Crippen LogP contribution >= 0.6 is 0 Å². The number of carbonyl (C=O) groups is 1. The van der Waals surface area contributed by atoms with E-state index in [1.54, 1.807) is 0 Å². The molecule has 0 heterocycles. The molecule has 0 amide bonds. The second-order valence-corrected chi connectivity index (χ2v) is 2.63. The summed E-state index contributed by atoms with van der Waals surface area (Å²) in [5, 5.41) is 8.52. The Morgan fingerprint density at radius 1 is 1.36 bits per heavy atom. The van der Waals surface area contributed by atoms with Gasteiger partial charge in [-0.2, -0.15) is 0 Å². The van der Waals surface area contributed by atoms with E-state index in [0.29, 0.717) is 22.6 Å². The van der Waals surface area contributed by atoms with Gasteiger partial charge in [0.1, 0.15) is 6.04 Å². The van der Waals surface area contributed by atoms with Gasteiger partial charge in [0, 0.05) is 0 Å². The van der Waals surface area contributed by atoms with Gasteiger partial charge in [-0.05, 0) is 12.0 Å². The van der Waals surface area contributed by atoms with Crippen LogP contribution in [0.4, 0.5) is 0 Å². The first kappa shape index (κ1) is 13.0. The first-order valence-electron chi connectivity index (χ1n) is 4.01. The normalized spacial score (nSPS) is 10.9. The van der Waals surface area contributed by atoms with Gasteiger partial charge < -0.3 is 10.8 Å². The average Bonchev–Trinajstić information content (AvgIpc) is 2.22. The molecule has 0 unspecified atom stereocenters. The zero-order valence-corrected chi connectivity index (χ0v) is 9.13.